The van der Waals surface area contributed by atoms with E-state index in [-0.39, 0.29) is 30.8 Å². The maximum atomic E-state index is 10.2. The van der Waals surface area contributed by atoms with Crippen LogP contribution in [0.15, 0.2) is 37.4 Å². The first kappa shape index (κ1) is 27.7. The number of carbonyl (C=O) groups is 1. The monoisotopic (exact) mass is 359 g/mol. The summed E-state index contributed by atoms with van der Waals surface area (Å²) in [5, 5.41) is 25.5. The van der Waals surface area contributed by atoms with Crippen molar-refractivity contribution in [3.05, 3.63) is 53.1 Å². The second-order valence-electron chi connectivity index (χ2n) is 3.86. The van der Waals surface area contributed by atoms with Gasteiger partial charge in [-0.1, -0.05) is 12.1 Å². The fourth-order valence-electron chi connectivity index (χ4n) is 1.27. The number of hydrogen-bond acceptors (Lipinski definition) is 7. The SMILES string of the molecule is C=C.CCOC(C)OCC.O=Cc1ccccc1[N+](=O)[O-].OCCO. The van der Waals surface area contributed by atoms with E-state index in [0.29, 0.717) is 6.29 Å². The minimum absolute atomic E-state index is 0.0370. The van der Waals surface area contributed by atoms with Gasteiger partial charge >= 0.3 is 0 Å². The van der Waals surface area contributed by atoms with E-state index < -0.39 is 4.92 Å². The molecular formula is C17H29NO7. The summed E-state index contributed by atoms with van der Waals surface area (Å²) in [7, 11) is 0. The zero-order valence-corrected chi connectivity index (χ0v) is 15.1. The number of benzene rings is 1. The Morgan fingerprint density at radius 3 is 1.88 bits per heavy atom. The molecule has 0 atom stereocenters. The van der Waals surface area contributed by atoms with Crippen molar-refractivity contribution < 1.29 is 29.4 Å². The van der Waals surface area contributed by atoms with Crippen LogP contribution in [0.4, 0.5) is 5.69 Å². The Kier molecular flexibility index (Phi) is 24.2. The Morgan fingerprint density at radius 1 is 1.16 bits per heavy atom. The molecule has 1 aromatic rings. The Hall–Kier alpha value is -2.13. The lowest BCUT2D eigenvalue weighted by atomic mass is 10.2. The third-order valence-electron chi connectivity index (χ3n) is 2.16. The molecule has 0 fully saturated rings. The van der Waals surface area contributed by atoms with Crippen LogP contribution in [-0.4, -0.2) is 54.1 Å². The van der Waals surface area contributed by atoms with E-state index in [2.05, 4.69) is 13.2 Å². The number of aldehydes is 1. The standard InChI is InChI=1S/C7H5NO3.C6H14O2.C2H6O2.C2H4/c9-5-6-3-1-2-4-7(6)8(10)11;1-4-7-6(3)8-5-2;3-1-2-4;1-2/h1-5H;6H,4-5H2,1-3H3;3-4H,1-2H2;1-2H2. The van der Waals surface area contributed by atoms with E-state index in [9.17, 15) is 14.9 Å². The van der Waals surface area contributed by atoms with Gasteiger partial charge in [-0.05, 0) is 26.8 Å². The van der Waals surface area contributed by atoms with Crippen molar-refractivity contribution >= 4 is 12.0 Å². The normalized spacial score (nSPS) is 8.72. The molecule has 0 spiro atoms. The fourth-order valence-corrected chi connectivity index (χ4v) is 1.27. The van der Waals surface area contributed by atoms with Gasteiger partial charge in [-0.15, -0.1) is 13.2 Å². The van der Waals surface area contributed by atoms with Gasteiger partial charge in [0.2, 0.25) is 0 Å². The first-order valence-electron chi connectivity index (χ1n) is 7.61. The number of carbonyl (C=O) groups excluding carboxylic acids is 1. The van der Waals surface area contributed by atoms with Crippen molar-refractivity contribution in [3.63, 3.8) is 0 Å². The van der Waals surface area contributed by atoms with Gasteiger partial charge in [0, 0.05) is 19.3 Å². The largest absolute Gasteiger partial charge is 0.394 e. The summed E-state index contributed by atoms with van der Waals surface area (Å²) < 4.78 is 10.1. The van der Waals surface area contributed by atoms with Crippen LogP contribution in [0.2, 0.25) is 0 Å². The van der Waals surface area contributed by atoms with Gasteiger partial charge in [0.05, 0.1) is 23.7 Å². The highest BCUT2D eigenvalue weighted by Crippen LogP contribution is 2.14. The molecule has 0 heterocycles. The highest BCUT2D eigenvalue weighted by atomic mass is 16.7. The van der Waals surface area contributed by atoms with Crippen LogP contribution in [0.5, 0.6) is 0 Å². The van der Waals surface area contributed by atoms with Crippen LogP contribution in [-0.2, 0) is 9.47 Å². The minimum atomic E-state index is -0.580. The quantitative estimate of drug-likeness (QED) is 0.252. The maximum Gasteiger partial charge on any atom is 0.279 e. The number of nitrogens with zero attached hydrogens (tertiary/aromatic N) is 1. The summed E-state index contributed by atoms with van der Waals surface area (Å²) in [6.07, 6.45) is 0.433. The maximum absolute atomic E-state index is 10.2. The lowest BCUT2D eigenvalue weighted by molar-refractivity contribution is -0.385. The van der Waals surface area contributed by atoms with E-state index in [4.69, 9.17) is 19.7 Å². The lowest BCUT2D eigenvalue weighted by Gasteiger charge is -2.09. The first-order chi connectivity index (χ1) is 12.0. The van der Waals surface area contributed by atoms with E-state index in [1.165, 1.54) is 18.2 Å². The minimum Gasteiger partial charge on any atom is -0.394 e. The van der Waals surface area contributed by atoms with Gasteiger partial charge in [0.25, 0.3) is 5.69 Å². The molecule has 0 amide bonds. The zero-order valence-electron chi connectivity index (χ0n) is 15.1. The summed E-state index contributed by atoms with van der Waals surface area (Å²) in [6, 6.07) is 5.80. The summed E-state index contributed by atoms with van der Waals surface area (Å²) in [5.41, 5.74) is -0.0417. The number of aliphatic hydroxyl groups is 2. The summed E-state index contributed by atoms with van der Waals surface area (Å²) >= 11 is 0. The van der Waals surface area contributed by atoms with Crippen LogP contribution in [0.1, 0.15) is 31.1 Å². The van der Waals surface area contributed by atoms with Crippen molar-refractivity contribution in [2.24, 2.45) is 0 Å². The molecule has 1 aromatic carbocycles. The van der Waals surface area contributed by atoms with Crippen LogP contribution < -0.4 is 0 Å². The summed E-state index contributed by atoms with van der Waals surface area (Å²) in [6.45, 7) is 13.0. The molecule has 8 nitrogen and oxygen atoms in total. The second kappa shape index (κ2) is 21.9. The average molecular weight is 359 g/mol. The molecule has 0 saturated heterocycles. The molecule has 0 aliphatic heterocycles. The number of ether oxygens (including phenoxy) is 2. The molecule has 0 aliphatic carbocycles. The summed E-state index contributed by atoms with van der Waals surface area (Å²) in [4.78, 5) is 19.9. The molecule has 25 heavy (non-hydrogen) atoms. The number of aliphatic hydroxyl groups excluding tert-OH is 2. The molecular weight excluding hydrogens is 330 g/mol. The molecule has 0 aliphatic rings. The van der Waals surface area contributed by atoms with Crippen LogP contribution in [0.25, 0.3) is 0 Å². The number of nitro groups is 1. The number of hydrogen-bond donors (Lipinski definition) is 2. The number of rotatable bonds is 7. The fraction of sp³-hybridized carbons (Fsp3) is 0.471. The molecule has 0 radical (unpaired) electrons. The highest BCUT2D eigenvalue weighted by molar-refractivity contribution is 5.81. The van der Waals surface area contributed by atoms with E-state index in [0.717, 1.165) is 13.2 Å². The topological polar surface area (TPSA) is 119 Å². The Labute approximate surface area is 148 Å². The molecule has 2 N–H and O–H groups in total. The van der Waals surface area contributed by atoms with Crippen molar-refractivity contribution in [1.82, 2.24) is 0 Å². The predicted molar refractivity (Wildman–Crippen MR) is 96.6 cm³/mol. The molecule has 0 saturated carbocycles. The van der Waals surface area contributed by atoms with Crippen LogP contribution >= 0.6 is 0 Å². The number of nitro benzene ring substituents is 1. The van der Waals surface area contributed by atoms with Gasteiger partial charge in [-0.2, -0.15) is 0 Å². The Balaban J connectivity index is -0.000000304. The van der Waals surface area contributed by atoms with Crippen molar-refractivity contribution in [3.8, 4) is 0 Å². The average Bonchev–Trinajstić information content (AvgIpc) is 2.64. The van der Waals surface area contributed by atoms with Crippen LogP contribution in [0, 0.1) is 10.1 Å². The number of para-hydroxylation sites is 1. The van der Waals surface area contributed by atoms with Crippen molar-refractivity contribution in [1.29, 1.82) is 0 Å². The van der Waals surface area contributed by atoms with Crippen molar-refractivity contribution in [2.75, 3.05) is 26.4 Å². The van der Waals surface area contributed by atoms with Crippen LogP contribution in [0.3, 0.4) is 0 Å². The molecule has 144 valence electrons. The van der Waals surface area contributed by atoms with Gasteiger partial charge < -0.3 is 19.7 Å². The first-order valence-corrected chi connectivity index (χ1v) is 7.61. The highest BCUT2D eigenvalue weighted by Gasteiger charge is 2.09. The predicted octanol–water partition coefficient (Wildman–Crippen LogP) is 2.59. The van der Waals surface area contributed by atoms with Gasteiger partial charge in [0.1, 0.15) is 0 Å². The van der Waals surface area contributed by atoms with E-state index >= 15 is 0 Å². The van der Waals surface area contributed by atoms with E-state index in [1.807, 2.05) is 20.8 Å². The second-order valence-corrected chi connectivity index (χ2v) is 3.86. The van der Waals surface area contributed by atoms with Gasteiger partial charge in [-0.3, -0.25) is 14.9 Å². The molecule has 0 bridgehead atoms. The molecule has 1 rings (SSSR count). The van der Waals surface area contributed by atoms with Gasteiger partial charge in [0.15, 0.2) is 12.6 Å². The third kappa shape index (κ3) is 18.1. The van der Waals surface area contributed by atoms with E-state index in [1.54, 1.807) is 6.07 Å². The van der Waals surface area contributed by atoms with Crippen molar-refractivity contribution in [2.45, 2.75) is 27.1 Å². The molecule has 0 unspecified atom stereocenters. The van der Waals surface area contributed by atoms with Gasteiger partial charge in [-0.25, -0.2) is 0 Å². The third-order valence-corrected chi connectivity index (χ3v) is 2.16. The molecule has 0 aromatic heterocycles. The lowest BCUT2D eigenvalue weighted by Crippen LogP contribution is -2.11. The summed E-state index contributed by atoms with van der Waals surface area (Å²) in [5.74, 6) is 0. The molecule has 8 heteroatoms. The smallest absolute Gasteiger partial charge is 0.279 e. The zero-order chi connectivity index (χ0) is 20.1. The Bertz CT molecular complexity index is 433. The Morgan fingerprint density at radius 2 is 1.60 bits per heavy atom.